The minimum atomic E-state index is -1.31. The third-order valence-electron chi connectivity index (χ3n) is 7.38. The zero-order valence-electron chi connectivity index (χ0n) is 22.1. The van der Waals surface area contributed by atoms with Gasteiger partial charge in [0.05, 0.1) is 22.9 Å². The molecule has 6 rings (SSSR count). The Balaban J connectivity index is 1.20. The van der Waals surface area contributed by atoms with Gasteiger partial charge in [-0.25, -0.2) is 4.79 Å². The number of hydrogen-bond donors (Lipinski definition) is 4. The summed E-state index contributed by atoms with van der Waals surface area (Å²) in [5, 5.41) is 39.5. The molecule has 2 aliphatic carbocycles. The number of carboxylic acids is 1. The predicted molar refractivity (Wildman–Crippen MR) is 159 cm³/mol. The van der Waals surface area contributed by atoms with E-state index in [9.17, 15) is 29.7 Å². The fourth-order valence-electron chi connectivity index (χ4n) is 5.33. The van der Waals surface area contributed by atoms with Gasteiger partial charge in [0.25, 0.3) is 5.91 Å². The van der Waals surface area contributed by atoms with Crippen molar-refractivity contribution in [2.45, 2.75) is 12.1 Å². The Labute approximate surface area is 240 Å². The van der Waals surface area contributed by atoms with Gasteiger partial charge in [-0.3, -0.25) is 14.9 Å². The van der Waals surface area contributed by atoms with Crippen LogP contribution in [0.4, 0.5) is 5.69 Å². The average Bonchev–Trinajstić information content (AvgIpc) is 3.45. The van der Waals surface area contributed by atoms with Crippen molar-refractivity contribution in [1.29, 1.82) is 0 Å². The first-order chi connectivity index (χ1) is 20.3. The molecular formula is C33H25N3O6. The minimum Gasteiger partial charge on any atom is -0.511 e. The summed E-state index contributed by atoms with van der Waals surface area (Å²) >= 11 is 0. The molecule has 9 nitrogen and oxygen atoms in total. The second-order valence-corrected chi connectivity index (χ2v) is 9.99. The number of amides is 1. The second-order valence-electron chi connectivity index (χ2n) is 9.99. The van der Waals surface area contributed by atoms with Crippen molar-refractivity contribution in [2.24, 2.45) is 11.0 Å². The maximum atomic E-state index is 13.2. The van der Waals surface area contributed by atoms with Crippen LogP contribution in [-0.4, -0.2) is 50.8 Å². The van der Waals surface area contributed by atoms with E-state index in [1.165, 1.54) is 12.2 Å². The number of anilines is 1. The zero-order valence-corrected chi connectivity index (χ0v) is 22.1. The van der Waals surface area contributed by atoms with Crippen LogP contribution in [0.15, 0.2) is 125 Å². The molecule has 42 heavy (non-hydrogen) atoms. The Morgan fingerprint density at radius 2 is 1.74 bits per heavy atom. The van der Waals surface area contributed by atoms with Gasteiger partial charge < -0.3 is 15.3 Å². The van der Waals surface area contributed by atoms with Crippen molar-refractivity contribution in [3.63, 3.8) is 0 Å². The maximum Gasteiger partial charge on any atom is 0.357 e. The summed E-state index contributed by atoms with van der Waals surface area (Å²) in [6.07, 6.45) is 17.4. The number of carbonyl (C=O) groups is 3. The summed E-state index contributed by atoms with van der Waals surface area (Å²) in [5.41, 5.74) is 1.59. The van der Waals surface area contributed by atoms with Gasteiger partial charge in [0.1, 0.15) is 11.5 Å². The van der Waals surface area contributed by atoms with E-state index < -0.39 is 17.9 Å². The van der Waals surface area contributed by atoms with Crippen molar-refractivity contribution in [1.82, 2.24) is 5.32 Å². The number of allylic oxidation sites excluding steroid dienone is 6. The van der Waals surface area contributed by atoms with E-state index in [1.54, 1.807) is 72.8 Å². The van der Waals surface area contributed by atoms with Gasteiger partial charge in [-0.05, 0) is 42.0 Å². The zero-order chi connectivity index (χ0) is 29.4. The van der Waals surface area contributed by atoms with E-state index >= 15 is 0 Å². The number of hydrazone groups is 1. The van der Waals surface area contributed by atoms with Crippen LogP contribution >= 0.6 is 0 Å². The van der Waals surface area contributed by atoms with Crippen LogP contribution in [0.3, 0.4) is 0 Å². The number of hydrogen-bond acceptors (Lipinski definition) is 7. The van der Waals surface area contributed by atoms with Gasteiger partial charge >= 0.3 is 5.97 Å². The maximum absolute atomic E-state index is 13.2. The molecule has 0 spiro atoms. The highest BCUT2D eigenvalue weighted by Gasteiger charge is 2.40. The van der Waals surface area contributed by atoms with Gasteiger partial charge in [0.15, 0.2) is 11.5 Å². The molecule has 0 saturated carbocycles. The quantitative estimate of drug-likeness (QED) is 0.298. The lowest BCUT2D eigenvalue weighted by atomic mass is 9.86. The average molecular weight is 560 g/mol. The third kappa shape index (κ3) is 4.71. The highest BCUT2D eigenvalue weighted by molar-refractivity contribution is 6.52. The van der Waals surface area contributed by atoms with Crippen LogP contribution in [0.1, 0.15) is 21.5 Å². The van der Waals surface area contributed by atoms with Crippen molar-refractivity contribution in [2.75, 3.05) is 5.01 Å². The Kier molecular flexibility index (Phi) is 6.85. The molecule has 0 fully saturated rings. The van der Waals surface area contributed by atoms with Crippen LogP contribution in [0.5, 0.6) is 0 Å². The fraction of sp³-hybridized carbons (Fsp3) is 0.0909. The van der Waals surface area contributed by atoms with Gasteiger partial charge in [-0.1, -0.05) is 72.9 Å². The first-order valence-electron chi connectivity index (χ1n) is 13.2. The molecule has 3 atom stereocenters. The standard InChI is InChI=1S/C33H25N3O6/c37-26-18-20-10-7-8-14-25(20)34-29(26)27-30(38)22-16-15-19(17-24(22)31(27)39)9-3-1-6-13-23-28(33(41)42)35-36(32(23)40)21-11-4-2-5-12-21/h1-18,20,25,29,34,37,39H,(H,41,42)/b6-1+,9-3+,23-13-. The number of nitrogens with zero attached hydrogens (tertiary/aromatic N) is 2. The second kappa shape index (κ2) is 10.8. The first-order valence-corrected chi connectivity index (χ1v) is 13.2. The molecule has 2 heterocycles. The van der Waals surface area contributed by atoms with Crippen LogP contribution in [-0.2, 0) is 9.59 Å². The molecular weight excluding hydrogens is 534 g/mol. The van der Waals surface area contributed by atoms with Crippen LogP contribution in [0, 0.1) is 5.92 Å². The molecule has 1 amide bonds. The number of ketones is 1. The molecule has 2 aliphatic heterocycles. The van der Waals surface area contributed by atoms with E-state index in [-0.39, 0.29) is 46.1 Å². The Hall–Kier alpha value is -5.54. The molecule has 4 N–H and O–H groups in total. The largest absolute Gasteiger partial charge is 0.511 e. The summed E-state index contributed by atoms with van der Waals surface area (Å²) in [5.74, 6) is -2.44. The predicted octanol–water partition coefficient (Wildman–Crippen LogP) is 4.66. The van der Waals surface area contributed by atoms with Crippen LogP contribution in [0.2, 0.25) is 0 Å². The molecule has 0 radical (unpaired) electrons. The normalized spacial score (nSPS) is 24.1. The van der Waals surface area contributed by atoms with Gasteiger partial charge in [0, 0.05) is 23.1 Å². The molecule has 2 aromatic carbocycles. The lowest BCUT2D eigenvalue weighted by Crippen LogP contribution is -2.48. The van der Waals surface area contributed by atoms with Crippen molar-refractivity contribution in [3.8, 4) is 0 Å². The molecule has 208 valence electrons. The number of fused-ring (bicyclic) bond motifs is 2. The summed E-state index contributed by atoms with van der Waals surface area (Å²) in [4.78, 5) is 37.8. The van der Waals surface area contributed by atoms with E-state index in [1.807, 2.05) is 24.3 Å². The molecule has 2 aromatic rings. The summed E-state index contributed by atoms with van der Waals surface area (Å²) in [6, 6.07) is 12.7. The Morgan fingerprint density at radius 3 is 2.52 bits per heavy atom. The number of carboxylic acid groups (broad SMARTS) is 1. The number of para-hydroxylation sites is 1. The number of carbonyl (C=O) groups excluding carboxylic acids is 2. The number of Topliss-reactive ketones (excluding diaryl/α,β-unsaturated/α-hetero) is 1. The first kappa shape index (κ1) is 26.7. The smallest absolute Gasteiger partial charge is 0.357 e. The molecule has 3 unspecified atom stereocenters. The fourth-order valence-corrected chi connectivity index (χ4v) is 5.33. The lowest BCUT2D eigenvalue weighted by molar-refractivity contribution is -0.129. The number of aliphatic hydroxyl groups excluding tert-OH is 2. The molecule has 4 aliphatic rings. The van der Waals surface area contributed by atoms with Crippen molar-refractivity contribution < 1.29 is 29.7 Å². The highest BCUT2D eigenvalue weighted by Crippen LogP contribution is 2.37. The van der Waals surface area contributed by atoms with Gasteiger partial charge in [-0.2, -0.15) is 10.1 Å². The number of aliphatic hydroxyl groups is 2. The topological polar surface area (TPSA) is 140 Å². The lowest BCUT2D eigenvalue weighted by Gasteiger charge is -2.33. The summed E-state index contributed by atoms with van der Waals surface area (Å²) in [7, 11) is 0. The Morgan fingerprint density at radius 1 is 0.952 bits per heavy atom. The van der Waals surface area contributed by atoms with E-state index in [2.05, 4.69) is 10.4 Å². The van der Waals surface area contributed by atoms with Gasteiger partial charge in [-0.15, -0.1) is 0 Å². The van der Waals surface area contributed by atoms with E-state index in [0.29, 0.717) is 22.4 Å². The van der Waals surface area contributed by atoms with Gasteiger partial charge in [0.2, 0.25) is 0 Å². The SMILES string of the molecule is O=C(O)C1=NN(c2ccccc2)C(=O)\C1=C/C=C/C=C/c1ccc2c(c1)C(O)=C(C1NC3C=CC=CC3C=C1O)C2=O. The van der Waals surface area contributed by atoms with Crippen LogP contribution in [0.25, 0.3) is 11.8 Å². The monoisotopic (exact) mass is 559 g/mol. The van der Waals surface area contributed by atoms with Crippen molar-refractivity contribution in [3.05, 3.63) is 137 Å². The summed E-state index contributed by atoms with van der Waals surface area (Å²) < 4.78 is 0. The minimum absolute atomic E-state index is 0.0120. The van der Waals surface area contributed by atoms with E-state index in [4.69, 9.17) is 0 Å². The number of benzene rings is 2. The third-order valence-corrected chi connectivity index (χ3v) is 7.38. The Bertz CT molecular complexity index is 1760. The summed E-state index contributed by atoms with van der Waals surface area (Å²) in [6.45, 7) is 0. The van der Waals surface area contributed by atoms with E-state index in [0.717, 1.165) is 5.01 Å². The van der Waals surface area contributed by atoms with Crippen LogP contribution < -0.4 is 10.3 Å². The molecule has 9 heteroatoms. The van der Waals surface area contributed by atoms with Crippen molar-refractivity contribution >= 4 is 40.9 Å². The molecule has 0 saturated heterocycles. The number of aliphatic carboxylic acids is 1. The number of nitrogens with one attached hydrogen (secondary N) is 1. The number of rotatable bonds is 6. The molecule has 0 aromatic heterocycles. The molecule has 0 bridgehead atoms. The highest BCUT2D eigenvalue weighted by atomic mass is 16.4.